The summed E-state index contributed by atoms with van der Waals surface area (Å²) < 4.78 is 0. The predicted molar refractivity (Wildman–Crippen MR) is 72.8 cm³/mol. The fourth-order valence-electron chi connectivity index (χ4n) is 1.78. The van der Waals surface area contributed by atoms with Crippen LogP contribution in [0.1, 0.15) is 19.5 Å². The van der Waals surface area contributed by atoms with Gasteiger partial charge in [-0.15, -0.1) is 0 Å². The van der Waals surface area contributed by atoms with Crippen molar-refractivity contribution in [2.24, 2.45) is 0 Å². The highest BCUT2D eigenvalue weighted by Crippen LogP contribution is 2.20. The second-order valence-electron chi connectivity index (χ2n) is 4.73. The molecule has 2 rings (SSSR count). The molecule has 0 spiro atoms. The van der Waals surface area contributed by atoms with Gasteiger partial charge in [0.15, 0.2) is 0 Å². The van der Waals surface area contributed by atoms with Gasteiger partial charge in [0.2, 0.25) is 0 Å². The SMILES string of the molecule is CC(C)N(C)Cc1cc(N)c2ccccc2n1. The summed E-state index contributed by atoms with van der Waals surface area (Å²) in [5.41, 5.74) is 8.86. The van der Waals surface area contributed by atoms with Crippen LogP contribution in [0.25, 0.3) is 10.9 Å². The molecule has 0 atom stereocenters. The first kappa shape index (κ1) is 11.9. The number of fused-ring (bicyclic) bond motifs is 1. The molecule has 0 aliphatic carbocycles. The van der Waals surface area contributed by atoms with Gasteiger partial charge in [-0.05, 0) is 33.0 Å². The molecular formula is C14H19N3. The second kappa shape index (κ2) is 4.72. The Morgan fingerprint density at radius 3 is 2.71 bits per heavy atom. The molecule has 2 N–H and O–H groups in total. The van der Waals surface area contributed by atoms with E-state index < -0.39 is 0 Å². The average molecular weight is 229 g/mol. The number of nitrogens with zero attached hydrogens (tertiary/aromatic N) is 2. The Kier molecular flexibility index (Phi) is 3.29. The molecule has 0 saturated heterocycles. The van der Waals surface area contributed by atoms with E-state index in [2.05, 4.69) is 30.8 Å². The van der Waals surface area contributed by atoms with Crippen LogP contribution in [0.4, 0.5) is 5.69 Å². The van der Waals surface area contributed by atoms with Crippen LogP contribution in [0.5, 0.6) is 0 Å². The number of hydrogen-bond donors (Lipinski definition) is 1. The zero-order valence-corrected chi connectivity index (χ0v) is 10.6. The maximum atomic E-state index is 6.05. The third-order valence-corrected chi connectivity index (χ3v) is 3.09. The molecule has 0 fully saturated rings. The number of aromatic nitrogens is 1. The van der Waals surface area contributed by atoms with E-state index in [0.29, 0.717) is 6.04 Å². The van der Waals surface area contributed by atoms with Gasteiger partial charge in [-0.2, -0.15) is 0 Å². The number of para-hydroxylation sites is 1. The van der Waals surface area contributed by atoms with Crippen molar-refractivity contribution in [2.45, 2.75) is 26.4 Å². The molecule has 3 nitrogen and oxygen atoms in total. The van der Waals surface area contributed by atoms with Gasteiger partial charge in [-0.25, -0.2) is 0 Å². The first-order chi connectivity index (χ1) is 8.08. The smallest absolute Gasteiger partial charge is 0.0726 e. The lowest BCUT2D eigenvalue weighted by Gasteiger charge is -2.20. The summed E-state index contributed by atoms with van der Waals surface area (Å²) in [4.78, 5) is 6.88. The molecule has 0 radical (unpaired) electrons. The van der Waals surface area contributed by atoms with Crippen LogP contribution in [-0.2, 0) is 6.54 Å². The van der Waals surface area contributed by atoms with E-state index in [1.165, 1.54) is 0 Å². The van der Waals surface area contributed by atoms with E-state index in [4.69, 9.17) is 5.73 Å². The van der Waals surface area contributed by atoms with Crippen molar-refractivity contribution < 1.29 is 0 Å². The van der Waals surface area contributed by atoms with Crippen molar-refractivity contribution in [3.05, 3.63) is 36.0 Å². The van der Waals surface area contributed by atoms with Gasteiger partial charge in [0.1, 0.15) is 0 Å². The normalized spacial score (nSPS) is 11.6. The van der Waals surface area contributed by atoms with Gasteiger partial charge >= 0.3 is 0 Å². The third kappa shape index (κ3) is 2.56. The largest absolute Gasteiger partial charge is 0.398 e. The first-order valence-electron chi connectivity index (χ1n) is 5.92. The maximum absolute atomic E-state index is 6.05. The van der Waals surface area contributed by atoms with Gasteiger partial charge in [0, 0.05) is 23.7 Å². The van der Waals surface area contributed by atoms with Gasteiger partial charge in [-0.3, -0.25) is 9.88 Å². The van der Waals surface area contributed by atoms with Crippen molar-refractivity contribution in [2.75, 3.05) is 12.8 Å². The van der Waals surface area contributed by atoms with Crippen LogP contribution in [0.3, 0.4) is 0 Å². The number of nitrogens with two attached hydrogens (primary N) is 1. The molecule has 3 heteroatoms. The zero-order chi connectivity index (χ0) is 12.4. The fraction of sp³-hybridized carbons (Fsp3) is 0.357. The van der Waals surface area contributed by atoms with Crippen LogP contribution in [0, 0.1) is 0 Å². The summed E-state index contributed by atoms with van der Waals surface area (Å²) in [6.45, 7) is 5.17. The molecule has 90 valence electrons. The van der Waals surface area contributed by atoms with E-state index >= 15 is 0 Å². The molecule has 1 aromatic heterocycles. The monoisotopic (exact) mass is 229 g/mol. The quantitative estimate of drug-likeness (QED) is 0.879. The Morgan fingerprint density at radius 2 is 2.00 bits per heavy atom. The number of benzene rings is 1. The third-order valence-electron chi connectivity index (χ3n) is 3.09. The summed E-state index contributed by atoms with van der Waals surface area (Å²) in [5, 5.41) is 1.03. The van der Waals surface area contributed by atoms with Gasteiger partial charge in [0.05, 0.1) is 11.2 Å². The van der Waals surface area contributed by atoms with E-state index in [9.17, 15) is 0 Å². The number of anilines is 1. The van der Waals surface area contributed by atoms with Crippen LogP contribution in [0.2, 0.25) is 0 Å². The molecule has 0 aliphatic heterocycles. The average Bonchev–Trinajstić information content (AvgIpc) is 2.29. The van der Waals surface area contributed by atoms with Crippen LogP contribution < -0.4 is 5.73 Å². The summed E-state index contributed by atoms with van der Waals surface area (Å²) in [7, 11) is 2.09. The molecule has 1 aromatic carbocycles. The Hall–Kier alpha value is -1.61. The minimum Gasteiger partial charge on any atom is -0.398 e. The summed E-state index contributed by atoms with van der Waals surface area (Å²) in [6, 6.07) is 10.5. The molecular weight excluding hydrogens is 210 g/mol. The molecule has 0 amide bonds. The van der Waals surface area contributed by atoms with Crippen molar-refractivity contribution in [1.82, 2.24) is 9.88 Å². The van der Waals surface area contributed by atoms with E-state index in [1.807, 2.05) is 30.3 Å². The van der Waals surface area contributed by atoms with Crippen molar-refractivity contribution in [3.8, 4) is 0 Å². The zero-order valence-electron chi connectivity index (χ0n) is 10.6. The van der Waals surface area contributed by atoms with Gasteiger partial charge < -0.3 is 5.73 Å². The number of hydrogen-bond acceptors (Lipinski definition) is 3. The second-order valence-corrected chi connectivity index (χ2v) is 4.73. The Balaban J connectivity index is 2.37. The molecule has 0 bridgehead atoms. The molecule has 2 aromatic rings. The van der Waals surface area contributed by atoms with E-state index in [-0.39, 0.29) is 0 Å². The standard InChI is InChI=1S/C14H19N3/c1-10(2)17(3)9-11-8-13(15)12-6-4-5-7-14(12)16-11/h4-8,10H,9H2,1-3H3,(H2,15,16). The minimum absolute atomic E-state index is 0.504. The lowest BCUT2D eigenvalue weighted by atomic mass is 10.1. The van der Waals surface area contributed by atoms with Crippen molar-refractivity contribution >= 4 is 16.6 Å². The summed E-state index contributed by atoms with van der Waals surface area (Å²) >= 11 is 0. The number of pyridine rings is 1. The fourth-order valence-corrected chi connectivity index (χ4v) is 1.78. The predicted octanol–water partition coefficient (Wildman–Crippen LogP) is 2.66. The van der Waals surface area contributed by atoms with E-state index in [1.54, 1.807) is 0 Å². The van der Waals surface area contributed by atoms with Crippen molar-refractivity contribution in [1.29, 1.82) is 0 Å². The Morgan fingerprint density at radius 1 is 1.29 bits per heavy atom. The van der Waals surface area contributed by atoms with Crippen LogP contribution >= 0.6 is 0 Å². The molecule has 17 heavy (non-hydrogen) atoms. The lowest BCUT2D eigenvalue weighted by Crippen LogP contribution is -2.26. The van der Waals surface area contributed by atoms with Crippen LogP contribution in [-0.4, -0.2) is 23.0 Å². The molecule has 0 saturated carbocycles. The van der Waals surface area contributed by atoms with Gasteiger partial charge in [-0.1, -0.05) is 18.2 Å². The Labute approximate surface area is 102 Å². The Bertz CT molecular complexity index is 520. The highest BCUT2D eigenvalue weighted by atomic mass is 15.1. The van der Waals surface area contributed by atoms with Crippen molar-refractivity contribution in [3.63, 3.8) is 0 Å². The van der Waals surface area contributed by atoms with E-state index in [0.717, 1.165) is 28.8 Å². The first-order valence-corrected chi connectivity index (χ1v) is 5.92. The number of rotatable bonds is 3. The molecule has 1 heterocycles. The minimum atomic E-state index is 0.504. The maximum Gasteiger partial charge on any atom is 0.0726 e. The highest BCUT2D eigenvalue weighted by Gasteiger charge is 2.07. The molecule has 0 unspecified atom stereocenters. The van der Waals surface area contributed by atoms with Crippen LogP contribution in [0.15, 0.2) is 30.3 Å². The topological polar surface area (TPSA) is 42.1 Å². The lowest BCUT2D eigenvalue weighted by molar-refractivity contribution is 0.263. The van der Waals surface area contributed by atoms with Gasteiger partial charge in [0.25, 0.3) is 0 Å². The summed E-state index contributed by atoms with van der Waals surface area (Å²) in [6.07, 6.45) is 0. The number of nitrogen functional groups attached to an aromatic ring is 1. The molecule has 0 aliphatic rings. The summed E-state index contributed by atoms with van der Waals surface area (Å²) in [5.74, 6) is 0. The highest BCUT2D eigenvalue weighted by molar-refractivity contribution is 5.90.